The number of aromatic nitrogens is 2. The van der Waals surface area contributed by atoms with Crippen molar-refractivity contribution in [3.05, 3.63) is 45.8 Å². The molecule has 1 heterocycles. The Hall–Kier alpha value is -1.62. The molecule has 2 aromatic rings. The topological polar surface area (TPSA) is 61.0 Å². The highest BCUT2D eigenvalue weighted by molar-refractivity contribution is 9.10. The van der Waals surface area contributed by atoms with Crippen molar-refractivity contribution in [1.82, 2.24) is 9.97 Å². The number of anilines is 1. The van der Waals surface area contributed by atoms with Gasteiger partial charge < -0.3 is 10.5 Å². The van der Waals surface area contributed by atoms with Crippen LogP contribution in [0.4, 0.5) is 5.82 Å². The van der Waals surface area contributed by atoms with Crippen molar-refractivity contribution in [1.29, 1.82) is 0 Å². The number of nitrogens with zero attached hydrogens (tertiary/aromatic N) is 2. The van der Waals surface area contributed by atoms with Crippen LogP contribution in [-0.4, -0.2) is 17.1 Å². The van der Waals surface area contributed by atoms with Gasteiger partial charge in [-0.3, -0.25) is 0 Å². The lowest BCUT2D eigenvalue weighted by Crippen LogP contribution is -2.06. The van der Waals surface area contributed by atoms with E-state index in [9.17, 15) is 0 Å². The van der Waals surface area contributed by atoms with E-state index in [-0.39, 0.29) is 0 Å². The SMILES string of the molecule is CCCc1nc(Cc2ccccc2OC)nc(N)c1Br. The van der Waals surface area contributed by atoms with Crippen LogP contribution in [0.1, 0.15) is 30.4 Å². The van der Waals surface area contributed by atoms with Crippen LogP contribution in [0.15, 0.2) is 28.7 Å². The van der Waals surface area contributed by atoms with Crippen molar-refractivity contribution < 1.29 is 4.74 Å². The van der Waals surface area contributed by atoms with Crippen molar-refractivity contribution in [2.45, 2.75) is 26.2 Å². The third kappa shape index (κ3) is 3.28. The van der Waals surface area contributed by atoms with Crippen LogP contribution >= 0.6 is 15.9 Å². The van der Waals surface area contributed by atoms with Gasteiger partial charge in [-0.1, -0.05) is 31.5 Å². The number of nitrogen functional groups attached to an aromatic ring is 1. The van der Waals surface area contributed by atoms with Gasteiger partial charge in [0.1, 0.15) is 17.4 Å². The summed E-state index contributed by atoms with van der Waals surface area (Å²) < 4.78 is 6.16. The van der Waals surface area contributed by atoms with E-state index in [1.807, 2.05) is 24.3 Å². The first-order valence-electron chi connectivity index (χ1n) is 6.58. The smallest absolute Gasteiger partial charge is 0.141 e. The van der Waals surface area contributed by atoms with Crippen LogP contribution in [-0.2, 0) is 12.8 Å². The first kappa shape index (κ1) is 14.8. The lowest BCUT2D eigenvalue weighted by atomic mass is 10.1. The van der Waals surface area contributed by atoms with Gasteiger partial charge in [0.05, 0.1) is 17.3 Å². The Morgan fingerprint density at radius 2 is 2.00 bits per heavy atom. The zero-order valence-corrected chi connectivity index (χ0v) is 13.3. The fourth-order valence-corrected chi connectivity index (χ4v) is 2.44. The van der Waals surface area contributed by atoms with Crippen molar-refractivity contribution in [2.24, 2.45) is 0 Å². The van der Waals surface area contributed by atoms with Gasteiger partial charge in [-0.15, -0.1) is 0 Å². The Morgan fingerprint density at radius 3 is 2.70 bits per heavy atom. The second-order valence-electron chi connectivity index (χ2n) is 4.52. The molecule has 0 saturated heterocycles. The number of para-hydroxylation sites is 1. The molecule has 1 aromatic carbocycles. The first-order chi connectivity index (χ1) is 9.65. The van der Waals surface area contributed by atoms with Crippen LogP contribution in [0.3, 0.4) is 0 Å². The Morgan fingerprint density at radius 1 is 1.25 bits per heavy atom. The summed E-state index contributed by atoms with van der Waals surface area (Å²) in [4.78, 5) is 8.95. The maximum atomic E-state index is 5.95. The summed E-state index contributed by atoms with van der Waals surface area (Å²) >= 11 is 3.45. The van der Waals surface area contributed by atoms with Gasteiger partial charge in [-0.25, -0.2) is 9.97 Å². The number of ether oxygens (including phenoxy) is 1. The number of halogens is 1. The fourth-order valence-electron chi connectivity index (χ4n) is 2.07. The lowest BCUT2D eigenvalue weighted by Gasteiger charge is -2.10. The average molecular weight is 336 g/mol. The van der Waals surface area contributed by atoms with Gasteiger partial charge in [0.2, 0.25) is 0 Å². The van der Waals surface area contributed by atoms with Gasteiger partial charge >= 0.3 is 0 Å². The number of benzene rings is 1. The third-order valence-electron chi connectivity index (χ3n) is 3.02. The summed E-state index contributed by atoms with van der Waals surface area (Å²) in [6.07, 6.45) is 2.51. The molecule has 2 N–H and O–H groups in total. The quantitative estimate of drug-likeness (QED) is 0.909. The highest BCUT2D eigenvalue weighted by Crippen LogP contribution is 2.25. The molecular formula is C15H18BrN3O. The molecule has 0 spiro atoms. The molecule has 0 saturated carbocycles. The predicted octanol–water partition coefficient (Wildman–Crippen LogP) is 3.37. The number of nitrogens with two attached hydrogens (primary N) is 1. The van der Waals surface area contributed by atoms with Crippen LogP contribution in [0, 0.1) is 0 Å². The van der Waals surface area contributed by atoms with Gasteiger partial charge in [-0.05, 0) is 28.4 Å². The minimum atomic E-state index is 0.494. The molecular weight excluding hydrogens is 318 g/mol. The monoisotopic (exact) mass is 335 g/mol. The number of hydrogen-bond donors (Lipinski definition) is 1. The molecule has 0 fully saturated rings. The van der Waals surface area contributed by atoms with E-state index in [0.717, 1.165) is 40.1 Å². The zero-order chi connectivity index (χ0) is 14.5. The molecule has 0 aliphatic heterocycles. The van der Waals surface area contributed by atoms with Gasteiger partial charge in [0.15, 0.2) is 0 Å². The normalized spacial score (nSPS) is 10.6. The van der Waals surface area contributed by atoms with Gasteiger partial charge in [0, 0.05) is 12.0 Å². The summed E-state index contributed by atoms with van der Waals surface area (Å²) in [7, 11) is 1.66. The molecule has 0 amide bonds. The molecule has 0 unspecified atom stereocenters. The number of rotatable bonds is 5. The van der Waals surface area contributed by atoms with Crippen LogP contribution in [0.25, 0.3) is 0 Å². The van der Waals surface area contributed by atoms with Crippen molar-refractivity contribution >= 4 is 21.7 Å². The number of methoxy groups -OCH3 is 1. The van der Waals surface area contributed by atoms with Crippen LogP contribution < -0.4 is 10.5 Å². The van der Waals surface area contributed by atoms with Gasteiger partial charge in [0.25, 0.3) is 0 Å². The molecule has 1 aromatic heterocycles. The Bertz CT molecular complexity index is 602. The first-order valence-corrected chi connectivity index (χ1v) is 7.37. The van der Waals surface area contributed by atoms with Crippen LogP contribution in [0.2, 0.25) is 0 Å². The van der Waals surface area contributed by atoms with Crippen LogP contribution in [0.5, 0.6) is 5.75 Å². The largest absolute Gasteiger partial charge is 0.496 e. The Labute approximate surface area is 127 Å². The number of hydrogen-bond acceptors (Lipinski definition) is 4. The highest BCUT2D eigenvalue weighted by atomic mass is 79.9. The minimum absolute atomic E-state index is 0.494. The Balaban J connectivity index is 2.34. The summed E-state index contributed by atoms with van der Waals surface area (Å²) in [5.41, 5.74) is 7.96. The summed E-state index contributed by atoms with van der Waals surface area (Å²) in [5, 5.41) is 0. The minimum Gasteiger partial charge on any atom is -0.496 e. The average Bonchev–Trinajstić information content (AvgIpc) is 2.45. The highest BCUT2D eigenvalue weighted by Gasteiger charge is 2.11. The molecule has 0 bridgehead atoms. The molecule has 20 heavy (non-hydrogen) atoms. The molecule has 106 valence electrons. The summed E-state index contributed by atoms with van der Waals surface area (Å²) in [6.45, 7) is 2.12. The molecule has 2 rings (SSSR count). The molecule has 0 aliphatic rings. The molecule has 0 aliphatic carbocycles. The van der Waals surface area contributed by atoms with Gasteiger partial charge in [-0.2, -0.15) is 0 Å². The molecule has 0 atom stereocenters. The predicted molar refractivity (Wildman–Crippen MR) is 83.9 cm³/mol. The maximum Gasteiger partial charge on any atom is 0.141 e. The summed E-state index contributed by atoms with van der Waals surface area (Å²) in [5.74, 6) is 2.06. The van der Waals surface area contributed by atoms with Crippen molar-refractivity contribution in [3.8, 4) is 5.75 Å². The zero-order valence-electron chi connectivity index (χ0n) is 11.7. The van der Waals surface area contributed by atoms with E-state index in [0.29, 0.717) is 12.2 Å². The van der Waals surface area contributed by atoms with E-state index in [2.05, 4.69) is 32.8 Å². The lowest BCUT2D eigenvalue weighted by molar-refractivity contribution is 0.410. The van der Waals surface area contributed by atoms with E-state index >= 15 is 0 Å². The summed E-state index contributed by atoms with van der Waals surface area (Å²) in [6, 6.07) is 7.87. The molecule has 0 radical (unpaired) electrons. The van der Waals surface area contributed by atoms with E-state index in [4.69, 9.17) is 10.5 Å². The second kappa shape index (κ2) is 6.70. The third-order valence-corrected chi connectivity index (χ3v) is 3.88. The van der Waals surface area contributed by atoms with Crippen molar-refractivity contribution in [2.75, 3.05) is 12.8 Å². The van der Waals surface area contributed by atoms with E-state index < -0.39 is 0 Å². The number of aryl methyl sites for hydroxylation is 1. The van der Waals surface area contributed by atoms with Crippen molar-refractivity contribution in [3.63, 3.8) is 0 Å². The van der Waals surface area contributed by atoms with E-state index in [1.54, 1.807) is 7.11 Å². The second-order valence-corrected chi connectivity index (χ2v) is 5.32. The maximum absolute atomic E-state index is 5.95. The standard InChI is InChI=1S/C15H18BrN3O/c1-3-6-11-14(16)15(17)19-13(18-11)9-10-7-4-5-8-12(10)20-2/h4-5,7-8H,3,6,9H2,1-2H3,(H2,17,18,19). The molecule has 4 nitrogen and oxygen atoms in total. The Kier molecular flexibility index (Phi) is 4.95. The fraction of sp³-hybridized carbons (Fsp3) is 0.333. The van der Waals surface area contributed by atoms with E-state index in [1.165, 1.54) is 0 Å². The molecule has 5 heteroatoms.